The molecule has 0 bridgehead atoms. The van der Waals surface area contributed by atoms with Gasteiger partial charge in [-0.15, -0.1) is 0 Å². The van der Waals surface area contributed by atoms with Crippen molar-refractivity contribution in [2.45, 2.75) is 46.6 Å². The van der Waals surface area contributed by atoms with E-state index in [1.807, 2.05) is 13.8 Å². The molecule has 0 aromatic carbocycles. The topological polar surface area (TPSA) is 61.5 Å². The summed E-state index contributed by atoms with van der Waals surface area (Å²) in [5, 5.41) is 0. The number of carbonyl (C=O) groups is 1. The van der Waals surface area contributed by atoms with Crippen LogP contribution in [-0.2, 0) is 14.3 Å². The summed E-state index contributed by atoms with van der Waals surface area (Å²) in [5.74, 6) is 0.604. The molecule has 0 fully saturated rings. The van der Waals surface area contributed by atoms with Gasteiger partial charge in [-0.05, 0) is 38.6 Å². The Morgan fingerprint density at radius 1 is 1.29 bits per heavy atom. The van der Waals surface area contributed by atoms with Crippen molar-refractivity contribution in [3.63, 3.8) is 0 Å². The fraction of sp³-hybridized carbons (Fsp3) is 0.923. The number of rotatable bonds is 9. The van der Waals surface area contributed by atoms with Crippen molar-refractivity contribution in [1.29, 1.82) is 0 Å². The Hall–Kier alpha value is -0.610. The molecule has 0 saturated heterocycles. The Morgan fingerprint density at radius 3 is 2.41 bits per heavy atom. The van der Waals surface area contributed by atoms with Crippen molar-refractivity contribution in [2.24, 2.45) is 17.6 Å². The molecule has 0 rings (SSSR count). The van der Waals surface area contributed by atoms with Crippen LogP contribution in [0.15, 0.2) is 0 Å². The van der Waals surface area contributed by atoms with Gasteiger partial charge in [0.1, 0.15) is 6.10 Å². The smallest absolute Gasteiger partial charge is 0.306 e. The van der Waals surface area contributed by atoms with Crippen LogP contribution in [0.1, 0.15) is 40.5 Å². The third-order valence-corrected chi connectivity index (χ3v) is 2.48. The summed E-state index contributed by atoms with van der Waals surface area (Å²) in [6, 6.07) is 0. The first-order valence-electron chi connectivity index (χ1n) is 6.46. The first-order valence-corrected chi connectivity index (χ1v) is 6.46. The lowest BCUT2D eigenvalue weighted by molar-refractivity contribution is -0.152. The number of esters is 1. The van der Waals surface area contributed by atoms with Crippen LogP contribution in [0, 0.1) is 11.8 Å². The molecular formula is C13H27NO3. The standard InChI is InChI=1S/C13H27NO3/c1-5-16-9-11(4)17-13(15)7-12(8-14)6-10(2)3/h10-12H,5-9,14H2,1-4H3/t11?,12-/m0/s1. The van der Waals surface area contributed by atoms with Crippen LogP contribution in [0.5, 0.6) is 0 Å². The summed E-state index contributed by atoms with van der Waals surface area (Å²) < 4.78 is 10.4. The van der Waals surface area contributed by atoms with Gasteiger partial charge < -0.3 is 15.2 Å². The predicted octanol–water partition coefficient (Wildman–Crippen LogP) is 1.97. The fourth-order valence-corrected chi connectivity index (χ4v) is 1.76. The molecule has 2 N–H and O–H groups in total. The van der Waals surface area contributed by atoms with Crippen LogP contribution >= 0.6 is 0 Å². The minimum absolute atomic E-state index is 0.173. The van der Waals surface area contributed by atoms with Gasteiger partial charge in [0, 0.05) is 13.0 Å². The Balaban J connectivity index is 3.89. The number of ether oxygens (including phenoxy) is 2. The molecule has 0 aliphatic rings. The van der Waals surface area contributed by atoms with Crippen molar-refractivity contribution in [3.8, 4) is 0 Å². The normalized spacial score (nSPS) is 14.7. The summed E-state index contributed by atoms with van der Waals surface area (Å²) in [6.45, 7) is 9.65. The molecule has 0 amide bonds. The van der Waals surface area contributed by atoms with Gasteiger partial charge >= 0.3 is 5.97 Å². The predicted molar refractivity (Wildman–Crippen MR) is 68.7 cm³/mol. The maximum absolute atomic E-state index is 11.6. The van der Waals surface area contributed by atoms with E-state index in [0.29, 0.717) is 32.1 Å². The van der Waals surface area contributed by atoms with Gasteiger partial charge in [-0.1, -0.05) is 13.8 Å². The Kier molecular flexibility index (Phi) is 9.09. The van der Waals surface area contributed by atoms with E-state index < -0.39 is 0 Å². The molecule has 0 radical (unpaired) electrons. The molecule has 0 aliphatic carbocycles. The van der Waals surface area contributed by atoms with Gasteiger partial charge in [-0.25, -0.2) is 0 Å². The second-order valence-electron chi connectivity index (χ2n) is 4.90. The monoisotopic (exact) mass is 245 g/mol. The second-order valence-corrected chi connectivity index (χ2v) is 4.90. The van der Waals surface area contributed by atoms with Crippen molar-refractivity contribution in [1.82, 2.24) is 0 Å². The number of hydrogen-bond acceptors (Lipinski definition) is 4. The highest BCUT2D eigenvalue weighted by molar-refractivity contribution is 5.69. The number of carbonyl (C=O) groups excluding carboxylic acids is 1. The molecule has 102 valence electrons. The van der Waals surface area contributed by atoms with Crippen molar-refractivity contribution >= 4 is 5.97 Å². The third-order valence-electron chi connectivity index (χ3n) is 2.48. The van der Waals surface area contributed by atoms with Gasteiger partial charge in [0.25, 0.3) is 0 Å². The van der Waals surface area contributed by atoms with Gasteiger partial charge in [0.2, 0.25) is 0 Å². The number of hydrogen-bond donors (Lipinski definition) is 1. The molecule has 0 spiro atoms. The Labute approximate surface area is 105 Å². The van der Waals surface area contributed by atoms with E-state index in [1.54, 1.807) is 0 Å². The highest BCUT2D eigenvalue weighted by Gasteiger charge is 2.17. The summed E-state index contributed by atoms with van der Waals surface area (Å²) in [4.78, 5) is 11.6. The quantitative estimate of drug-likeness (QED) is 0.631. The molecule has 17 heavy (non-hydrogen) atoms. The summed E-state index contributed by atoms with van der Waals surface area (Å²) >= 11 is 0. The maximum Gasteiger partial charge on any atom is 0.306 e. The van der Waals surface area contributed by atoms with E-state index in [4.69, 9.17) is 15.2 Å². The zero-order valence-electron chi connectivity index (χ0n) is 11.6. The van der Waals surface area contributed by atoms with Crippen molar-refractivity contribution in [3.05, 3.63) is 0 Å². The highest BCUT2D eigenvalue weighted by Crippen LogP contribution is 2.15. The SMILES string of the molecule is CCOCC(C)OC(=O)C[C@@H](CN)CC(C)C. The summed E-state index contributed by atoms with van der Waals surface area (Å²) in [5.41, 5.74) is 5.65. The molecule has 0 aliphatic heterocycles. The first-order chi connectivity index (χ1) is 7.99. The fourth-order valence-electron chi connectivity index (χ4n) is 1.76. The van der Waals surface area contributed by atoms with E-state index >= 15 is 0 Å². The highest BCUT2D eigenvalue weighted by atomic mass is 16.6. The number of nitrogens with two attached hydrogens (primary N) is 1. The molecule has 0 aromatic rings. The minimum Gasteiger partial charge on any atom is -0.460 e. The molecular weight excluding hydrogens is 218 g/mol. The van der Waals surface area contributed by atoms with E-state index in [0.717, 1.165) is 6.42 Å². The van der Waals surface area contributed by atoms with Gasteiger partial charge in [-0.2, -0.15) is 0 Å². The third kappa shape index (κ3) is 9.12. The molecule has 2 atom stereocenters. The lowest BCUT2D eigenvalue weighted by atomic mass is 9.94. The average molecular weight is 245 g/mol. The molecule has 0 heterocycles. The Morgan fingerprint density at radius 2 is 1.94 bits per heavy atom. The van der Waals surface area contributed by atoms with Crippen LogP contribution in [0.4, 0.5) is 0 Å². The van der Waals surface area contributed by atoms with E-state index in [-0.39, 0.29) is 18.0 Å². The second kappa shape index (κ2) is 9.42. The molecule has 1 unspecified atom stereocenters. The molecule has 0 aromatic heterocycles. The van der Waals surface area contributed by atoms with Crippen LogP contribution in [-0.4, -0.2) is 31.8 Å². The van der Waals surface area contributed by atoms with Gasteiger partial charge in [0.05, 0.1) is 6.61 Å². The van der Waals surface area contributed by atoms with Crippen LogP contribution < -0.4 is 5.73 Å². The molecule has 0 saturated carbocycles. The first kappa shape index (κ1) is 16.4. The maximum atomic E-state index is 11.6. The average Bonchev–Trinajstić information content (AvgIpc) is 2.24. The van der Waals surface area contributed by atoms with E-state index in [9.17, 15) is 4.79 Å². The summed E-state index contributed by atoms with van der Waals surface area (Å²) in [6.07, 6.45) is 1.19. The van der Waals surface area contributed by atoms with Crippen LogP contribution in [0.2, 0.25) is 0 Å². The zero-order chi connectivity index (χ0) is 13.3. The van der Waals surface area contributed by atoms with Gasteiger partial charge in [-0.3, -0.25) is 4.79 Å². The molecule has 4 heteroatoms. The zero-order valence-corrected chi connectivity index (χ0v) is 11.6. The van der Waals surface area contributed by atoms with Crippen LogP contribution in [0.3, 0.4) is 0 Å². The largest absolute Gasteiger partial charge is 0.460 e. The van der Waals surface area contributed by atoms with E-state index in [2.05, 4.69) is 13.8 Å². The van der Waals surface area contributed by atoms with E-state index in [1.165, 1.54) is 0 Å². The summed E-state index contributed by atoms with van der Waals surface area (Å²) in [7, 11) is 0. The lowest BCUT2D eigenvalue weighted by Crippen LogP contribution is -2.25. The van der Waals surface area contributed by atoms with Gasteiger partial charge in [0.15, 0.2) is 0 Å². The van der Waals surface area contributed by atoms with Crippen molar-refractivity contribution < 1.29 is 14.3 Å². The van der Waals surface area contributed by atoms with Crippen LogP contribution in [0.25, 0.3) is 0 Å². The minimum atomic E-state index is -0.181. The molecule has 4 nitrogen and oxygen atoms in total. The Bertz CT molecular complexity index is 207. The van der Waals surface area contributed by atoms with Crippen molar-refractivity contribution in [2.75, 3.05) is 19.8 Å². The lowest BCUT2D eigenvalue weighted by Gasteiger charge is -2.18.